The summed E-state index contributed by atoms with van der Waals surface area (Å²) >= 11 is 0. The molecule has 1 saturated carbocycles. The molecule has 1 aromatic rings. The normalized spacial score (nSPS) is 23.7. The summed E-state index contributed by atoms with van der Waals surface area (Å²) in [4.78, 5) is 10.9. The fraction of sp³-hybridized carbons (Fsp3) is 0.562. The van der Waals surface area contributed by atoms with E-state index < -0.39 is 16.8 Å². The lowest BCUT2D eigenvalue weighted by Crippen LogP contribution is -2.23. The molecule has 1 N–H and O–H groups in total. The number of carboxylic acid groups (broad SMARTS) is 1. The molecule has 2 unspecified atom stereocenters. The summed E-state index contributed by atoms with van der Waals surface area (Å²) < 4.78 is 18.1. The standard InChI is InChI=1S/C16H20O4S/c17-15(18)9-16(6-7-16)11-21(19)10-12-5-8-20-14-4-2-1-3-13(12)14/h1-4,12H,5-11H2,(H,17,18). The van der Waals surface area contributed by atoms with E-state index in [1.165, 1.54) is 0 Å². The minimum absolute atomic E-state index is 0.156. The second-order valence-corrected chi connectivity index (χ2v) is 7.69. The molecule has 1 aliphatic carbocycles. The molecular formula is C16H20O4S. The van der Waals surface area contributed by atoms with Gasteiger partial charge in [0, 0.05) is 28.2 Å². The van der Waals surface area contributed by atoms with Crippen molar-refractivity contribution in [3.8, 4) is 5.75 Å². The molecule has 0 spiro atoms. The second-order valence-electron chi connectivity index (χ2n) is 6.19. The molecule has 5 heteroatoms. The van der Waals surface area contributed by atoms with Gasteiger partial charge in [-0.05, 0) is 36.3 Å². The molecule has 0 saturated heterocycles. The maximum Gasteiger partial charge on any atom is 0.303 e. The first-order valence-corrected chi connectivity index (χ1v) is 8.85. The molecule has 0 aromatic heterocycles. The molecule has 114 valence electrons. The van der Waals surface area contributed by atoms with Gasteiger partial charge in [-0.2, -0.15) is 0 Å². The Morgan fingerprint density at radius 1 is 1.38 bits per heavy atom. The largest absolute Gasteiger partial charge is 0.493 e. The van der Waals surface area contributed by atoms with Gasteiger partial charge in [-0.15, -0.1) is 0 Å². The van der Waals surface area contributed by atoms with Gasteiger partial charge in [0.25, 0.3) is 0 Å². The van der Waals surface area contributed by atoms with Crippen LogP contribution in [0, 0.1) is 5.41 Å². The molecule has 1 fully saturated rings. The highest BCUT2D eigenvalue weighted by Gasteiger charge is 2.45. The highest BCUT2D eigenvalue weighted by atomic mass is 32.2. The highest BCUT2D eigenvalue weighted by molar-refractivity contribution is 7.85. The van der Waals surface area contributed by atoms with E-state index in [0.29, 0.717) is 18.1 Å². The molecule has 1 aliphatic heterocycles. The third-order valence-electron chi connectivity index (χ3n) is 4.42. The van der Waals surface area contributed by atoms with Crippen LogP contribution in [-0.4, -0.2) is 33.4 Å². The van der Waals surface area contributed by atoms with Crippen LogP contribution in [0.3, 0.4) is 0 Å². The summed E-state index contributed by atoms with van der Waals surface area (Å²) in [6, 6.07) is 7.93. The number of benzene rings is 1. The van der Waals surface area contributed by atoms with Gasteiger partial charge in [0.1, 0.15) is 5.75 Å². The summed E-state index contributed by atoms with van der Waals surface area (Å²) in [6.07, 6.45) is 2.84. The quantitative estimate of drug-likeness (QED) is 0.877. The van der Waals surface area contributed by atoms with Crippen molar-refractivity contribution in [3.05, 3.63) is 29.8 Å². The van der Waals surface area contributed by atoms with Crippen LogP contribution in [0.5, 0.6) is 5.75 Å². The van der Waals surface area contributed by atoms with Crippen molar-refractivity contribution in [2.45, 2.75) is 31.6 Å². The van der Waals surface area contributed by atoms with E-state index in [-0.39, 0.29) is 17.8 Å². The molecular weight excluding hydrogens is 288 g/mol. The first-order chi connectivity index (χ1) is 10.1. The zero-order valence-electron chi connectivity index (χ0n) is 11.9. The summed E-state index contributed by atoms with van der Waals surface area (Å²) in [5, 5.41) is 8.94. The van der Waals surface area contributed by atoms with Crippen molar-refractivity contribution in [3.63, 3.8) is 0 Å². The van der Waals surface area contributed by atoms with Crippen LogP contribution in [0.15, 0.2) is 24.3 Å². The fourth-order valence-electron chi connectivity index (χ4n) is 3.08. The number of hydrogen-bond donors (Lipinski definition) is 1. The summed E-state index contributed by atoms with van der Waals surface area (Å²) in [5.41, 5.74) is 0.946. The predicted molar refractivity (Wildman–Crippen MR) is 81.1 cm³/mol. The Bertz CT molecular complexity index is 565. The van der Waals surface area contributed by atoms with Crippen molar-refractivity contribution in [1.29, 1.82) is 0 Å². The Hall–Kier alpha value is -1.36. The SMILES string of the molecule is O=C(O)CC1(CS(=O)CC2CCOc3ccccc32)CC1. The Labute approximate surface area is 127 Å². The molecule has 3 rings (SSSR count). The minimum Gasteiger partial charge on any atom is -0.493 e. The monoisotopic (exact) mass is 308 g/mol. The Morgan fingerprint density at radius 3 is 2.86 bits per heavy atom. The lowest BCUT2D eigenvalue weighted by molar-refractivity contribution is -0.138. The first-order valence-electron chi connectivity index (χ1n) is 7.36. The summed E-state index contributed by atoms with van der Waals surface area (Å²) in [5.74, 6) is 1.52. The van der Waals surface area contributed by atoms with Crippen LogP contribution in [-0.2, 0) is 15.6 Å². The van der Waals surface area contributed by atoms with Crippen molar-refractivity contribution in [2.24, 2.45) is 5.41 Å². The van der Waals surface area contributed by atoms with Crippen LogP contribution >= 0.6 is 0 Å². The van der Waals surface area contributed by atoms with E-state index in [1.807, 2.05) is 24.3 Å². The van der Waals surface area contributed by atoms with Gasteiger partial charge in [-0.25, -0.2) is 0 Å². The van der Waals surface area contributed by atoms with Gasteiger partial charge >= 0.3 is 5.97 Å². The van der Waals surface area contributed by atoms with E-state index in [9.17, 15) is 9.00 Å². The number of hydrogen-bond acceptors (Lipinski definition) is 3. The Balaban J connectivity index is 1.63. The van der Waals surface area contributed by atoms with Crippen LogP contribution in [0.2, 0.25) is 0 Å². The molecule has 2 aliphatic rings. The number of para-hydroxylation sites is 1. The zero-order chi connectivity index (χ0) is 14.9. The molecule has 2 atom stereocenters. The topological polar surface area (TPSA) is 63.6 Å². The maximum absolute atomic E-state index is 12.4. The number of aliphatic carboxylic acids is 1. The molecule has 21 heavy (non-hydrogen) atoms. The van der Waals surface area contributed by atoms with Crippen LogP contribution in [0.25, 0.3) is 0 Å². The van der Waals surface area contributed by atoms with E-state index in [4.69, 9.17) is 9.84 Å². The average molecular weight is 308 g/mol. The van der Waals surface area contributed by atoms with Crippen LogP contribution in [0.1, 0.15) is 37.2 Å². The van der Waals surface area contributed by atoms with Gasteiger partial charge < -0.3 is 9.84 Å². The van der Waals surface area contributed by atoms with E-state index in [2.05, 4.69) is 0 Å². The Morgan fingerprint density at radius 2 is 2.14 bits per heavy atom. The third-order valence-corrected chi connectivity index (χ3v) is 6.13. The number of carboxylic acids is 1. The van der Waals surface area contributed by atoms with Gasteiger partial charge in [0.05, 0.1) is 13.0 Å². The molecule has 1 heterocycles. The van der Waals surface area contributed by atoms with Gasteiger partial charge in [-0.3, -0.25) is 9.00 Å². The fourth-order valence-corrected chi connectivity index (χ4v) is 5.07. The summed E-state index contributed by atoms with van der Waals surface area (Å²) in [7, 11) is -0.967. The number of fused-ring (bicyclic) bond motifs is 1. The van der Waals surface area contributed by atoms with Gasteiger partial charge in [0.2, 0.25) is 0 Å². The molecule has 1 aromatic carbocycles. The van der Waals surface area contributed by atoms with E-state index >= 15 is 0 Å². The van der Waals surface area contributed by atoms with Crippen molar-refractivity contribution >= 4 is 16.8 Å². The lowest BCUT2D eigenvalue weighted by atomic mass is 9.95. The van der Waals surface area contributed by atoms with Crippen LogP contribution in [0.4, 0.5) is 0 Å². The van der Waals surface area contributed by atoms with Crippen molar-refractivity contribution in [1.82, 2.24) is 0 Å². The lowest BCUT2D eigenvalue weighted by Gasteiger charge is -2.26. The van der Waals surface area contributed by atoms with Gasteiger partial charge in [0.15, 0.2) is 0 Å². The first kappa shape index (κ1) is 14.6. The van der Waals surface area contributed by atoms with Crippen LogP contribution < -0.4 is 4.74 Å². The highest BCUT2D eigenvalue weighted by Crippen LogP contribution is 2.49. The Kier molecular flexibility index (Phi) is 4.02. The summed E-state index contributed by atoms with van der Waals surface area (Å²) in [6.45, 7) is 0.666. The van der Waals surface area contributed by atoms with E-state index in [0.717, 1.165) is 30.6 Å². The smallest absolute Gasteiger partial charge is 0.303 e. The molecule has 0 amide bonds. The zero-order valence-corrected chi connectivity index (χ0v) is 12.7. The maximum atomic E-state index is 12.4. The van der Waals surface area contributed by atoms with Crippen molar-refractivity contribution < 1.29 is 18.8 Å². The third kappa shape index (κ3) is 3.46. The molecule has 4 nitrogen and oxygen atoms in total. The second kappa shape index (κ2) is 5.79. The number of carbonyl (C=O) groups is 1. The van der Waals surface area contributed by atoms with Gasteiger partial charge in [-0.1, -0.05) is 18.2 Å². The minimum atomic E-state index is -0.967. The number of ether oxygens (including phenoxy) is 1. The number of rotatable bonds is 6. The average Bonchev–Trinajstić information content (AvgIpc) is 3.17. The molecule has 0 radical (unpaired) electrons. The van der Waals surface area contributed by atoms with E-state index in [1.54, 1.807) is 0 Å². The predicted octanol–water partition coefficient (Wildman–Crippen LogP) is 2.56. The molecule has 0 bridgehead atoms. The van der Waals surface area contributed by atoms with Crippen molar-refractivity contribution in [2.75, 3.05) is 18.1 Å².